The monoisotopic (exact) mass is 271 g/mol. The number of piperidine rings is 1. The average molecular weight is 271 g/mol. The molecule has 0 aromatic heterocycles. The molecule has 0 amide bonds. The second-order valence-electron chi connectivity index (χ2n) is 7.85. The largest absolute Gasteiger partial charge is 0.303 e. The van der Waals surface area contributed by atoms with Gasteiger partial charge in [0.15, 0.2) is 0 Å². The molecule has 0 radical (unpaired) electrons. The van der Waals surface area contributed by atoms with Crippen molar-refractivity contribution in [3.05, 3.63) is 0 Å². The summed E-state index contributed by atoms with van der Waals surface area (Å²) in [7, 11) is 0. The highest BCUT2D eigenvalue weighted by atomic mass is 17.2. The van der Waals surface area contributed by atoms with Crippen LogP contribution in [0.3, 0.4) is 0 Å². The van der Waals surface area contributed by atoms with E-state index < -0.39 is 0 Å². The fourth-order valence-corrected chi connectivity index (χ4v) is 2.59. The summed E-state index contributed by atoms with van der Waals surface area (Å²) >= 11 is 0. The molecular weight excluding hydrogens is 238 g/mol. The maximum Gasteiger partial charge on any atom is 0.0952 e. The van der Waals surface area contributed by atoms with Crippen molar-refractivity contribution < 1.29 is 9.78 Å². The Morgan fingerprint density at radius 2 is 1.58 bits per heavy atom. The second kappa shape index (κ2) is 7.05. The lowest BCUT2D eigenvalue weighted by Crippen LogP contribution is -2.38. The Kier molecular flexibility index (Phi) is 6.28. The van der Waals surface area contributed by atoms with E-state index in [0.29, 0.717) is 12.0 Å². The van der Waals surface area contributed by atoms with E-state index in [1.54, 1.807) is 0 Å². The standard InChI is InChI=1S/C16H33NO2/c1-15(2,3)14-8-11-17(12-9-14)10-7-13-18-19-16(4,5)6/h14H,7-13H2,1-6H3. The van der Waals surface area contributed by atoms with Crippen LogP contribution in [0.5, 0.6) is 0 Å². The third kappa shape index (κ3) is 7.28. The number of rotatable bonds is 5. The molecule has 0 saturated carbocycles. The molecule has 1 rings (SSSR count). The number of hydrogen-bond acceptors (Lipinski definition) is 3. The third-order valence-corrected chi connectivity index (χ3v) is 3.82. The van der Waals surface area contributed by atoms with Crippen molar-refractivity contribution >= 4 is 0 Å². The summed E-state index contributed by atoms with van der Waals surface area (Å²) in [5.41, 5.74) is 0.265. The number of likely N-dealkylation sites (tertiary alicyclic amines) is 1. The van der Waals surface area contributed by atoms with Crippen LogP contribution in [-0.4, -0.2) is 36.7 Å². The Morgan fingerprint density at radius 1 is 1.00 bits per heavy atom. The minimum Gasteiger partial charge on any atom is -0.303 e. The van der Waals surface area contributed by atoms with Gasteiger partial charge in [0.1, 0.15) is 0 Å². The van der Waals surface area contributed by atoms with Crippen LogP contribution in [-0.2, 0) is 9.78 Å². The Hall–Kier alpha value is -0.120. The Labute approximate surface area is 119 Å². The zero-order chi connectivity index (χ0) is 14.5. The minimum absolute atomic E-state index is 0.203. The normalized spacial score (nSPS) is 19.9. The van der Waals surface area contributed by atoms with Crippen molar-refractivity contribution in [2.24, 2.45) is 11.3 Å². The molecule has 0 atom stereocenters. The van der Waals surface area contributed by atoms with Gasteiger partial charge in [-0.2, -0.15) is 0 Å². The topological polar surface area (TPSA) is 21.7 Å². The summed E-state index contributed by atoms with van der Waals surface area (Å²) in [5, 5.41) is 0. The predicted molar refractivity (Wildman–Crippen MR) is 80.0 cm³/mol. The summed E-state index contributed by atoms with van der Waals surface area (Å²) in [4.78, 5) is 13.1. The van der Waals surface area contributed by atoms with Crippen LogP contribution in [0.25, 0.3) is 0 Å². The first-order valence-corrected chi connectivity index (χ1v) is 7.71. The van der Waals surface area contributed by atoms with E-state index in [4.69, 9.17) is 9.78 Å². The Morgan fingerprint density at radius 3 is 2.05 bits per heavy atom. The summed E-state index contributed by atoms with van der Waals surface area (Å²) in [6.07, 6.45) is 3.72. The van der Waals surface area contributed by atoms with Crippen LogP contribution >= 0.6 is 0 Å². The Balaban J connectivity index is 2.07. The van der Waals surface area contributed by atoms with Gasteiger partial charge < -0.3 is 4.90 Å². The molecule has 0 aromatic rings. The first-order chi connectivity index (χ1) is 8.68. The van der Waals surface area contributed by atoms with Gasteiger partial charge in [0.2, 0.25) is 0 Å². The lowest BCUT2D eigenvalue weighted by molar-refractivity contribution is -0.348. The van der Waals surface area contributed by atoms with Crippen molar-refractivity contribution in [3.8, 4) is 0 Å². The summed E-state index contributed by atoms with van der Waals surface area (Å²) < 4.78 is 0. The fourth-order valence-electron chi connectivity index (χ4n) is 2.59. The van der Waals surface area contributed by atoms with Crippen LogP contribution in [0.1, 0.15) is 60.8 Å². The van der Waals surface area contributed by atoms with Gasteiger partial charge in [0, 0.05) is 6.54 Å². The quantitative estimate of drug-likeness (QED) is 0.430. The van der Waals surface area contributed by atoms with Gasteiger partial charge >= 0.3 is 0 Å². The van der Waals surface area contributed by atoms with E-state index >= 15 is 0 Å². The lowest BCUT2D eigenvalue weighted by Gasteiger charge is -2.38. The van der Waals surface area contributed by atoms with Crippen molar-refractivity contribution in [2.45, 2.75) is 66.4 Å². The molecule has 1 fully saturated rings. The smallest absolute Gasteiger partial charge is 0.0952 e. The van der Waals surface area contributed by atoms with Gasteiger partial charge in [0.25, 0.3) is 0 Å². The van der Waals surface area contributed by atoms with E-state index in [1.807, 2.05) is 20.8 Å². The van der Waals surface area contributed by atoms with Gasteiger partial charge in [-0.3, -0.25) is 0 Å². The van der Waals surface area contributed by atoms with E-state index in [-0.39, 0.29) is 5.60 Å². The van der Waals surface area contributed by atoms with Crippen LogP contribution in [0.2, 0.25) is 0 Å². The molecule has 19 heavy (non-hydrogen) atoms. The van der Waals surface area contributed by atoms with E-state index in [1.165, 1.54) is 25.9 Å². The zero-order valence-electron chi connectivity index (χ0n) is 13.8. The summed E-state index contributed by atoms with van der Waals surface area (Å²) in [6.45, 7) is 17.4. The molecule has 3 nitrogen and oxygen atoms in total. The summed E-state index contributed by atoms with van der Waals surface area (Å²) in [6, 6.07) is 0. The molecule has 0 N–H and O–H groups in total. The average Bonchev–Trinajstić information content (AvgIpc) is 2.26. The predicted octanol–water partition coefficient (Wildman–Crippen LogP) is 3.88. The molecule has 0 aliphatic carbocycles. The van der Waals surface area contributed by atoms with Crippen molar-refractivity contribution in [1.82, 2.24) is 4.90 Å². The molecule has 3 heteroatoms. The van der Waals surface area contributed by atoms with Crippen LogP contribution in [0, 0.1) is 11.3 Å². The number of nitrogens with zero attached hydrogens (tertiary/aromatic N) is 1. The molecule has 1 aliphatic heterocycles. The zero-order valence-corrected chi connectivity index (χ0v) is 13.8. The van der Waals surface area contributed by atoms with Gasteiger partial charge in [0.05, 0.1) is 12.2 Å². The highest BCUT2D eigenvalue weighted by Gasteiger charge is 2.28. The Bertz CT molecular complexity index is 244. The van der Waals surface area contributed by atoms with Crippen LogP contribution in [0.4, 0.5) is 0 Å². The van der Waals surface area contributed by atoms with Gasteiger partial charge in [-0.15, -0.1) is 0 Å². The minimum atomic E-state index is -0.203. The van der Waals surface area contributed by atoms with Gasteiger partial charge in [-0.05, 0) is 64.5 Å². The maximum atomic E-state index is 5.26. The third-order valence-electron chi connectivity index (χ3n) is 3.82. The van der Waals surface area contributed by atoms with Crippen molar-refractivity contribution in [3.63, 3.8) is 0 Å². The van der Waals surface area contributed by atoms with Gasteiger partial charge in [-0.25, -0.2) is 9.78 Å². The lowest BCUT2D eigenvalue weighted by atomic mass is 9.75. The first kappa shape index (κ1) is 16.9. The van der Waals surface area contributed by atoms with Crippen LogP contribution < -0.4 is 0 Å². The molecule has 1 heterocycles. The van der Waals surface area contributed by atoms with E-state index in [0.717, 1.165) is 18.9 Å². The molecule has 1 aliphatic rings. The van der Waals surface area contributed by atoms with E-state index in [2.05, 4.69) is 25.7 Å². The number of hydrogen-bond donors (Lipinski definition) is 0. The molecule has 1 saturated heterocycles. The van der Waals surface area contributed by atoms with E-state index in [9.17, 15) is 0 Å². The molecule has 114 valence electrons. The first-order valence-electron chi connectivity index (χ1n) is 7.71. The molecule has 0 unspecified atom stereocenters. The SMILES string of the molecule is CC(C)(C)OOCCCN1CCC(C(C)(C)C)CC1. The molecule has 0 aromatic carbocycles. The highest BCUT2D eigenvalue weighted by molar-refractivity contribution is 4.80. The fraction of sp³-hybridized carbons (Fsp3) is 1.00. The van der Waals surface area contributed by atoms with Crippen LogP contribution in [0.15, 0.2) is 0 Å². The molecule has 0 bridgehead atoms. The second-order valence-corrected chi connectivity index (χ2v) is 7.85. The molecule has 0 spiro atoms. The maximum absolute atomic E-state index is 5.26. The van der Waals surface area contributed by atoms with Gasteiger partial charge in [-0.1, -0.05) is 20.8 Å². The van der Waals surface area contributed by atoms with Crippen molar-refractivity contribution in [2.75, 3.05) is 26.2 Å². The summed E-state index contributed by atoms with van der Waals surface area (Å²) in [5.74, 6) is 0.879. The van der Waals surface area contributed by atoms with Crippen molar-refractivity contribution in [1.29, 1.82) is 0 Å². The molecular formula is C16H33NO2. The highest BCUT2D eigenvalue weighted by Crippen LogP contribution is 2.34.